The monoisotopic (exact) mass is 470 g/mol. The molecule has 0 amide bonds. The quantitative estimate of drug-likeness (QED) is 0.140. The molecule has 0 nitrogen and oxygen atoms in total. The number of halogens is 1. The number of rotatable bonds is 18. The Hall–Kier alpha value is 1.16. The third kappa shape index (κ3) is 15.4. The van der Waals surface area contributed by atoms with Gasteiger partial charge in [0.1, 0.15) is 0 Å². The van der Waals surface area contributed by atoms with Crippen LogP contribution in [0.2, 0.25) is 0 Å². The second-order valence-electron chi connectivity index (χ2n) is 7.77. The van der Waals surface area contributed by atoms with Crippen LogP contribution in [0.15, 0.2) is 0 Å². The molecule has 0 radical (unpaired) electrons. The zero-order valence-corrected chi connectivity index (χ0v) is 20.6. The van der Waals surface area contributed by atoms with E-state index in [1.54, 1.807) is 31.1 Å². The van der Waals surface area contributed by atoms with Crippen molar-refractivity contribution in [2.45, 2.75) is 118 Å². The van der Waals surface area contributed by atoms with Crippen LogP contribution in [-0.2, 0) is 0 Å². The second-order valence-corrected chi connectivity index (χ2v) is 12.2. The minimum atomic E-state index is -0.612. The zero-order chi connectivity index (χ0) is 17.2. The van der Waals surface area contributed by atoms with Crippen LogP contribution in [0.4, 0.5) is 0 Å². The van der Waals surface area contributed by atoms with E-state index in [0.29, 0.717) is 0 Å². The first-order valence-electron chi connectivity index (χ1n) is 11.1. The molecule has 0 spiro atoms. The van der Waals surface area contributed by atoms with Gasteiger partial charge in [-0.05, 0) is 32.1 Å². The molecular weight excluding hydrogens is 422 g/mol. The van der Waals surface area contributed by atoms with E-state index in [1.165, 1.54) is 83.5 Å². The lowest BCUT2D eigenvalue weighted by molar-refractivity contribution is -0.00000535. The molecule has 0 aromatic heterocycles. The summed E-state index contributed by atoms with van der Waals surface area (Å²) in [4.78, 5) is 0. The molecule has 0 saturated carbocycles. The molecule has 0 aromatic rings. The van der Waals surface area contributed by atoms with Gasteiger partial charge in [0.15, 0.2) is 0 Å². The first-order chi connectivity index (χ1) is 11.2. The SMILES string of the molecule is CCCCCCCCCC[P+](CCCC)(CCCC)CCCC.[I-]. The highest BCUT2D eigenvalue weighted by Crippen LogP contribution is 2.61. The van der Waals surface area contributed by atoms with Gasteiger partial charge in [-0.1, -0.05) is 85.5 Å². The van der Waals surface area contributed by atoms with Crippen LogP contribution in [0.5, 0.6) is 0 Å². The van der Waals surface area contributed by atoms with E-state index in [1.807, 2.05) is 0 Å². The van der Waals surface area contributed by atoms with E-state index in [0.717, 1.165) is 0 Å². The fourth-order valence-electron chi connectivity index (χ4n) is 3.73. The van der Waals surface area contributed by atoms with Crippen LogP contribution in [0.3, 0.4) is 0 Å². The van der Waals surface area contributed by atoms with Crippen molar-refractivity contribution in [2.75, 3.05) is 24.6 Å². The summed E-state index contributed by atoms with van der Waals surface area (Å²) in [6, 6.07) is 0. The van der Waals surface area contributed by atoms with Gasteiger partial charge in [0.25, 0.3) is 0 Å². The molecule has 0 aliphatic rings. The van der Waals surface area contributed by atoms with Gasteiger partial charge in [-0.3, -0.25) is 0 Å². The van der Waals surface area contributed by atoms with E-state index in [9.17, 15) is 0 Å². The Balaban J connectivity index is 0. The van der Waals surface area contributed by atoms with Gasteiger partial charge in [-0.2, -0.15) is 0 Å². The Morgan fingerprint density at radius 3 is 1.04 bits per heavy atom. The standard InChI is InChI=1S/C22H48P.HI/c1-5-9-13-14-15-16-17-18-22-23(19-10-6-2,20-11-7-3)21-12-8-4;/h5-22H2,1-4H3;1H/q+1;/p-1. The molecular formula is C22H48IP. The molecule has 0 saturated heterocycles. The Labute approximate surface area is 173 Å². The second kappa shape index (κ2) is 20.5. The van der Waals surface area contributed by atoms with Crippen molar-refractivity contribution in [2.24, 2.45) is 0 Å². The van der Waals surface area contributed by atoms with Crippen molar-refractivity contribution in [1.29, 1.82) is 0 Å². The lowest BCUT2D eigenvalue weighted by atomic mass is 10.1. The van der Waals surface area contributed by atoms with Crippen molar-refractivity contribution < 1.29 is 24.0 Å². The lowest BCUT2D eigenvalue weighted by Crippen LogP contribution is -3.00. The van der Waals surface area contributed by atoms with E-state index in [4.69, 9.17) is 0 Å². The average Bonchev–Trinajstić information content (AvgIpc) is 2.58. The van der Waals surface area contributed by atoms with Crippen LogP contribution in [0.25, 0.3) is 0 Å². The summed E-state index contributed by atoms with van der Waals surface area (Å²) in [5, 5.41) is 0. The molecule has 0 aliphatic carbocycles. The molecule has 0 N–H and O–H groups in total. The van der Waals surface area contributed by atoms with Crippen LogP contribution in [0, 0.1) is 0 Å². The van der Waals surface area contributed by atoms with E-state index >= 15 is 0 Å². The van der Waals surface area contributed by atoms with Gasteiger partial charge in [-0.15, -0.1) is 0 Å². The van der Waals surface area contributed by atoms with Crippen LogP contribution >= 0.6 is 7.26 Å². The smallest absolute Gasteiger partial charge is 0.0594 e. The van der Waals surface area contributed by atoms with E-state index in [-0.39, 0.29) is 24.0 Å². The number of unbranched alkanes of at least 4 members (excludes halogenated alkanes) is 10. The van der Waals surface area contributed by atoms with Gasteiger partial charge < -0.3 is 24.0 Å². The molecule has 0 atom stereocenters. The third-order valence-corrected chi connectivity index (χ3v) is 10.5. The van der Waals surface area contributed by atoms with E-state index in [2.05, 4.69) is 27.7 Å². The van der Waals surface area contributed by atoms with Crippen molar-refractivity contribution in [3.8, 4) is 0 Å². The van der Waals surface area contributed by atoms with Crippen LogP contribution in [0.1, 0.15) is 118 Å². The Kier molecular flexibility index (Phi) is 23.4. The minimum absolute atomic E-state index is 0. The van der Waals surface area contributed by atoms with Gasteiger partial charge in [0, 0.05) is 7.26 Å². The topological polar surface area (TPSA) is 0 Å². The van der Waals surface area contributed by atoms with Crippen molar-refractivity contribution in [3.63, 3.8) is 0 Å². The molecule has 2 heteroatoms. The van der Waals surface area contributed by atoms with Crippen molar-refractivity contribution in [3.05, 3.63) is 0 Å². The summed E-state index contributed by atoms with van der Waals surface area (Å²) in [5.74, 6) is 0. The summed E-state index contributed by atoms with van der Waals surface area (Å²) in [7, 11) is -0.612. The average molecular weight is 471 g/mol. The summed E-state index contributed by atoms with van der Waals surface area (Å²) in [6.45, 7) is 9.45. The number of hydrogen-bond acceptors (Lipinski definition) is 0. The minimum Gasteiger partial charge on any atom is -1.00 e. The maximum Gasteiger partial charge on any atom is 0.0594 e. The molecule has 0 unspecified atom stereocenters. The van der Waals surface area contributed by atoms with Crippen molar-refractivity contribution in [1.82, 2.24) is 0 Å². The number of hydrogen-bond donors (Lipinski definition) is 0. The summed E-state index contributed by atoms with van der Waals surface area (Å²) in [6.07, 6.45) is 27.0. The predicted molar refractivity (Wildman–Crippen MR) is 114 cm³/mol. The molecule has 0 fully saturated rings. The molecule has 0 bridgehead atoms. The van der Waals surface area contributed by atoms with Crippen LogP contribution < -0.4 is 24.0 Å². The first kappa shape index (κ1) is 27.4. The van der Waals surface area contributed by atoms with Gasteiger partial charge in [-0.25, -0.2) is 0 Å². The van der Waals surface area contributed by atoms with Gasteiger partial charge in [0.2, 0.25) is 0 Å². The summed E-state index contributed by atoms with van der Waals surface area (Å²) in [5.41, 5.74) is 0. The zero-order valence-electron chi connectivity index (χ0n) is 17.6. The highest BCUT2D eigenvalue weighted by atomic mass is 127. The largest absolute Gasteiger partial charge is 1.00 e. The first-order valence-corrected chi connectivity index (χ1v) is 13.6. The third-order valence-electron chi connectivity index (χ3n) is 5.44. The molecule has 0 aromatic carbocycles. The van der Waals surface area contributed by atoms with Gasteiger partial charge in [0.05, 0.1) is 24.6 Å². The Bertz CT molecular complexity index is 208. The Morgan fingerprint density at radius 1 is 0.375 bits per heavy atom. The Morgan fingerprint density at radius 2 is 0.667 bits per heavy atom. The molecule has 0 aliphatic heterocycles. The molecule has 148 valence electrons. The summed E-state index contributed by atoms with van der Waals surface area (Å²) >= 11 is 0. The molecule has 24 heavy (non-hydrogen) atoms. The van der Waals surface area contributed by atoms with Gasteiger partial charge >= 0.3 is 0 Å². The maximum absolute atomic E-state index is 2.38. The molecule has 0 rings (SSSR count). The van der Waals surface area contributed by atoms with Crippen molar-refractivity contribution >= 4 is 7.26 Å². The lowest BCUT2D eigenvalue weighted by Gasteiger charge is -2.28. The highest BCUT2D eigenvalue weighted by molar-refractivity contribution is 7.75. The fourth-order valence-corrected chi connectivity index (χ4v) is 8.93. The normalized spacial score (nSPS) is 11.5. The fraction of sp³-hybridized carbons (Fsp3) is 1.00. The summed E-state index contributed by atoms with van der Waals surface area (Å²) < 4.78 is 0. The van der Waals surface area contributed by atoms with Crippen LogP contribution in [-0.4, -0.2) is 24.6 Å². The molecule has 0 heterocycles. The maximum atomic E-state index is 2.38. The predicted octanol–water partition coefficient (Wildman–Crippen LogP) is 5.55. The highest BCUT2D eigenvalue weighted by Gasteiger charge is 2.34. The van der Waals surface area contributed by atoms with E-state index < -0.39 is 7.26 Å².